The Kier molecular flexibility index (Phi) is 6.02. The summed E-state index contributed by atoms with van der Waals surface area (Å²) in [6.07, 6.45) is 3.16. The molecule has 0 bridgehead atoms. The fraction of sp³-hybridized carbons (Fsp3) is 0.562. The molecular weight excluding hydrogens is 270 g/mol. The lowest BCUT2D eigenvalue weighted by molar-refractivity contribution is -0.160. The minimum Gasteiger partial charge on any atom is -0.465 e. The van der Waals surface area contributed by atoms with Gasteiger partial charge in [-0.15, -0.1) is 0 Å². The second kappa shape index (κ2) is 8.00. The number of benzene rings is 1. The molecule has 1 atom stereocenters. The van der Waals surface area contributed by atoms with Crippen LogP contribution in [0, 0.1) is 0 Å². The van der Waals surface area contributed by atoms with Gasteiger partial charge in [0.15, 0.2) is 6.29 Å². The molecule has 1 unspecified atom stereocenters. The monoisotopic (exact) mass is 293 g/mol. The predicted molar refractivity (Wildman–Crippen MR) is 80.6 cm³/mol. The van der Waals surface area contributed by atoms with Crippen LogP contribution in [0.1, 0.15) is 29.6 Å². The number of carbonyl (C=O) groups excluding carboxylic acids is 1. The molecule has 1 fully saturated rings. The van der Waals surface area contributed by atoms with Gasteiger partial charge < -0.3 is 19.1 Å². The third-order valence-electron chi connectivity index (χ3n) is 3.59. The highest BCUT2D eigenvalue weighted by molar-refractivity contribution is 5.95. The van der Waals surface area contributed by atoms with E-state index in [0.717, 1.165) is 31.6 Å². The second-order valence-electron chi connectivity index (χ2n) is 5.10. The third-order valence-corrected chi connectivity index (χ3v) is 3.59. The van der Waals surface area contributed by atoms with Crippen LogP contribution in [0.25, 0.3) is 0 Å². The minimum atomic E-state index is -0.325. The Morgan fingerprint density at radius 2 is 2.19 bits per heavy atom. The molecule has 0 saturated carbocycles. The topological polar surface area (TPSA) is 48.0 Å². The lowest BCUT2D eigenvalue weighted by Gasteiger charge is -2.25. The molecule has 1 aliphatic rings. The maximum atomic E-state index is 11.8. The summed E-state index contributed by atoms with van der Waals surface area (Å²) >= 11 is 0. The lowest BCUT2D eigenvalue weighted by atomic mass is 10.1. The summed E-state index contributed by atoms with van der Waals surface area (Å²) in [7, 11) is 3.33. The molecule has 1 heterocycles. The summed E-state index contributed by atoms with van der Waals surface area (Å²) in [5.41, 5.74) is 1.41. The fourth-order valence-corrected chi connectivity index (χ4v) is 2.37. The zero-order chi connectivity index (χ0) is 15.1. The maximum absolute atomic E-state index is 11.8. The number of hydrogen-bond acceptors (Lipinski definition) is 5. The first-order valence-corrected chi connectivity index (χ1v) is 7.34. The Bertz CT molecular complexity index is 457. The van der Waals surface area contributed by atoms with Crippen LogP contribution in [0.15, 0.2) is 24.3 Å². The molecule has 0 amide bonds. The van der Waals surface area contributed by atoms with E-state index in [-0.39, 0.29) is 12.3 Å². The van der Waals surface area contributed by atoms with E-state index in [1.165, 1.54) is 7.11 Å². The largest absolute Gasteiger partial charge is 0.465 e. The van der Waals surface area contributed by atoms with Gasteiger partial charge in [0.2, 0.25) is 0 Å². The predicted octanol–water partition coefficient (Wildman–Crippen LogP) is 2.45. The van der Waals surface area contributed by atoms with Gasteiger partial charge >= 0.3 is 5.97 Å². The molecule has 21 heavy (non-hydrogen) atoms. The molecule has 0 spiro atoms. The van der Waals surface area contributed by atoms with Gasteiger partial charge in [-0.05, 0) is 31.4 Å². The number of para-hydroxylation sites is 1. The number of ether oxygens (including phenoxy) is 3. The van der Waals surface area contributed by atoms with E-state index in [1.807, 2.05) is 30.1 Å². The van der Waals surface area contributed by atoms with Gasteiger partial charge in [0.05, 0.1) is 25.0 Å². The zero-order valence-electron chi connectivity index (χ0n) is 12.7. The summed E-state index contributed by atoms with van der Waals surface area (Å²) < 4.78 is 16.1. The van der Waals surface area contributed by atoms with E-state index in [4.69, 9.17) is 14.2 Å². The average molecular weight is 293 g/mol. The van der Waals surface area contributed by atoms with Crippen molar-refractivity contribution in [1.82, 2.24) is 0 Å². The highest BCUT2D eigenvalue weighted by Gasteiger charge is 2.16. The maximum Gasteiger partial charge on any atom is 0.339 e. The summed E-state index contributed by atoms with van der Waals surface area (Å²) in [4.78, 5) is 13.8. The van der Waals surface area contributed by atoms with Crippen LogP contribution >= 0.6 is 0 Å². The number of hydrogen-bond donors (Lipinski definition) is 0. The van der Waals surface area contributed by atoms with Crippen molar-refractivity contribution in [3.8, 4) is 0 Å². The summed E-state index contributed by atoms with van der Waals surface area (Å²) in [5, 5.41) is 0. The molecule has 5 heteroatoms. The van der Waals surface area contributed by atoms with Crippen molar-refractivity contribution in [2.45, 2.75) is 25.6 Å². The molecule has 5 nitrogen and oxygen atoms in total. The van der Waals surface area contributed by atoms with Crippen molar-refractivity contribution >= 4 is 11.7 Å². The van der Waals surface area contributed by atoms with E-state index in [0.29, 0.717) is 18.7 Å². The molecule has 0 N–H and O–H groups in total. The molecule has 1 aromatic rings. The van der Waals surface area contributed by atoms with Gasteiger partial charge in [0, 0.05) is 20.2 Å². The van der Waals surface area contributed by atoms with E-state index >= 15 is 0 Å². The number of nitrogens with zero attached hydrogens (tertiary/aromatic N) is 1. The highest BCUT2D eigenvalue weighted by atomic mass is 16.7. The number of esters is 1. The summed E-state index contributed by atoms with van der Waals surface area (Å²) in [6.45, 7) is 2.04. The van der Waals surface area contributed by atoms with E-state index in [2.05, 4.69) is 0 Å². The normalized spacial score (nSPS) is 18.3. The number of carbonyl (C=O) groups is 1. The number of methoxy groups -OCH3 is 1. The zero-order valence-corrected chi connectivity index (χ0v) is 12.7. The number of likely N-dealkylation sites (N-methyl/N-ethyl adjacent to an activating group) is 1. The average Bonchev–Trinajstić information content (AvgIpc) is 2.55. The standard InChI is InChI=1S/C16H23NO4/c1-17(10-12-21-15-9-5-6-11-20-15)14-8-4-3-7-13(14)16(18)19-2/h3-4,7-8,15H,5-6,9-12H2,1-2H3. The van der Waals surface area contributed by atoms with Gasteiger partial charge in [0.25, 0.3) is 0 Å². The lowest BCUT2D eigenvalue weighted by Crippen LogP contribution is -2.29. The van der Waals surface area contributed by atoms with Crippen molar-refractivity contribution in [2.24, 2.45) is 0 Å². The first-order chi connectivity index (χ1) is 10.2. The van der Waals surface area contributed by atoms with E-state index in [1.54, 1.807) is 6.07 Å². The van der Waals surface area contributed by atoms with Crippen molar-refractivity contribution < 1.29 is 19.0 Å². The van der Waals surface area contributed by atoms with Gasteiger partial charge in [-0.1, -0.05) is 12.1 Å². The first kappa shape index (κ1) is 15.8. The summed E-state index contributed by atoms with van der Waals surface area (Å²) in [6, 6.07) is 7.41. The van der Waals surface area contributed by atoms with Crippen LogP contribution in [0.3, 0.4) is 0 Å². The van der Waals surface area contributed by atoms with Crippen LogP contribution in [-0.2, 0) is 14.2 Å². The quantitative estimate of drug-likeness (QED) is 0.754. The molecular formula is C16H23NO4. The van der Waals surface area contributed by atoms with Crippen LogP contribution in [0.4, 0.5) is 5.69 Å². The van der Waals surface area contributed by atoms with Crippen molar-refractivity contribution in [3.05, 3.63) is 29.8 Å². The molecule has 1 aromatic carbocycles. The Morgan fingerprint density at radius 1 is 1.38 bits per heavy atom. The van der Waals surface area contributed by atoms with E-state index in [9.17, 15) is 4.79 Å². The number of anilines is 1. The minimum absolute atomic E-state index is 0.0806. The van der Waals surface area contributed by atoms with Crippen LogP contribution in [0.2, 0.25) is 0 Å². The number of rotatable bonds is 6. The highest BCUT2D eigenvalue weighted by Crippen LogP contribution is 2.20. The van der Waals surface area contributed by atoms with E-state index < -0.39 is 0 Å². The Hall–Kier alpha value is -1.59. The van der Waals surface area contributed by atoms with Gasteiger partial charge in [-0.2, -0.15) is 0 Å². The van der Waals surface area contributed by atoms with Gasteiger partial charge in [-0.25, -0.2) is 4.79 Å². The van der Waals surface area contributed by atoms with Gasteiger partial charge in [0.1, 0.15) is 0 Å². The Labute approximate surface area is 125 Å². The molecule has 116 valence electrons. The fourth-order valence-electron chi connectivity index (χ4n) is 2.37. The van der Waals surface area contributed by atoms with Gasteiger partial charge in [-0.3, -0.25) is 0 Å². The molecule has 0 aliphatic carbocycles. The molecule has 1 aliphatic heterocycles. The molecule has 1 saturated heterocycles. The molecule has 0 aromatic heterocycles. The first-order valence-electron chi connectivity index (χ1n) is 7.34. The molecule has 2 rings (SSSR count). The summed E-state index contributed by atoms with van der Waals surface area (Å²) in [5.74, 6) is -0.325. The Morgan fingerprint density at radius 3 is 2.90 bits per heavy atom. The van der Waals surface area contributed by atoms with Crippen molar-refractivity contribution in [1.29, 1.82) is 0 Å². The Balaban J connectivity index is 1.87. The van der Waals surface area contributed by atoms with Crippen molar-refractivity contribution in [2.75, 3.05) is 38.8 Å². The second-order valence-corrected chi connectivity index (χ2v) is 5.10. The third kappa shape index (κ3) is 4.44. The molecule has 0 radical (unpaired) electrons. The van der Waals surface area contributed by atoms with Crippen LogP contribution in [-0.4, -0.2) is 46.2 Å². The smallest absolute Gasteiger partial charge is 0.339 e. The van der Waals surface area contributed by atoms with Crippen LogP contribution in [0.5, 0.6) is 0 Å². The SMILES string of the molecule is COC(=O)c1ccccc1N(C)CCOC1CCCCO1. The van der Waals surface area contributed by atoms with Crippen molar-refractivity contribution in [3.63, 3.8) is 0 Å². The van der Waals surface area contributed by atoms with Crippen LogP contribution < -0.4 is 4.90 Å².